The molecule has 0 saturated heterocycles. The molecule has 0 saturated carbocycles. The number of rotatable bonds is 6. The van der Waals surface area contributed by atoms with E-state index >= 15 is 0 Å². The number of aryl methyl sites for hydroxylation is 1. The summed E-state index contributed by atoms with van der Waals surface area (Å²) in [5, 5.41) is 4.22. The molecule has 4 N–H and O–H groups in total. The van der Waals surface area contributed by atoms with E-state index < -0.39 is 0 Å². The minimum Gasteiger partial charge on any atom is -0.487 e. The summed E-state index contributed by atoms with van der Waals surface area (Å²) in [4.78, 5) is 14.0. The number of oxime groups is 1. The fourth-order valence-corrected chi connectivity index (χ4v) is 3.15. The lowest BCUT2D eigenvalue weighted by Crippen LogP contribution is -2.07. The summed E-state index contributed by atoms with van der Waals surface area (Å²) in [6, 6.07) is 15.5. The number of ether oxygens (including phenoxy) is 1. The van der Waals surface area contributed by atoms with Gasteiger partial charge in [-0.25, -0.2) is 4.98 Å². The molecule has 2 aromatic heterocycles. The second kappa shape index (κ2) is 8.18. The highest BCUT2D eigenvalue weighted by Gasteiger charge is 2.25. The van der Waals surface area contributed by atoms with E-state index in [9.17, 15) is 0 Å². The summed E-state index contributed by atoms with van der Waals surface area (Å²) in [6.45, 7) is 2.46. The first-order valence-electron chi connectivity index (χ1n) is 9.43. The van der Waals surface area contributed by atoms with Crippen LogP contribution in [0.15, 0.2) is 59.9 Å². The zero-order chi connectivity index (χ0) is 20.2. The molecular weight excluding hydrogens is 366 g/mol. The number of nitrogen functional groups attached to an aromatic ring is 2. The Hall–Kier alpha value is -3.61. The number of hydrogen-bond donors (Lipinski definition) is 2. The van der Waals surface area contributed by atoms with Gasteiger partial charge >= 0.3 is 0 Å². The van der Waals surface area contributed by atoms with Gasteiger partial charge < -0.3 is 21.0 Å². The van der Waals surface area contributed by atoms with Crippen molar-refractivity contribution in [2.75, 3.05) is 11.5 Å². The molecule has 3 heterocycles. The number of anilines is 2. The van der Waals surface area contributed by atoms with Crippen molar-refractivity contribution in [3.05, 3.63) is 77.1 Å². The highest BCUT2D eigenvalue weighted by atomic mass is 16.6. The molecule has 0 radical (unpaired) electrons. The van der Waals surface area contributed by atoms with Gasteiger partial charge in [0.2, 0.25) is 0 Å². The van der Waals surface area contributed by atoms with Gasteiger partial charge in [0.15, 0.2) is 6.10 Å². The van der Waals surface area contributed by atoms with Crippen LogP contribution in [0.2, 0.25) is 0 Å². The fraction of sp³-hybridized carbons (Fsp3) is 0.227. The highest BCUT2D eigenvalue weighted by molar-refractivity contribution is 5.87. The third-order valence-corrected chi connectivity index (χ3v) is 4.75. The van der Waals surface area contributed by atoms with Crippen molar-refractivity contribution in [3.8, 4) is 5.75 Å². The number of pyridine rings is 2. The molecule has 0 amide bonds. The van der Waals surface area contributed by atoms with Gasteiger partial charge in [-0.1, -0.05) is 23.4 Å². The molecule has 7 nitrogen and oxygen atoms in total. The molecule has 0 bridgehead atoms. The van der Waals surface area contributed by atoms with E-state index in [1.54, 1.807) is 6.07 Å². The summed E-state index contributed by atoms with van der Waals surface area (Å²) >= 11 is 0. The van der Waals surface area contributed by atoms with Crippen molar-refractivity contribution >= 4 is 17.3 Å². The van der Waals surface area contributed by atoms with Crippen LogP contribution in [0.5, 0.6) is 5.75 Å². The normalized spacial score (nSPS) is 15.6. The van der Waals surface area contributed by atoms with Crippen LogP contribution >= 0.6 is 0 Å². The Morgan fingerprint density at radius 2 is 1.90 bits per heavy atom. The predicted molar refractivity (Wildman–Crippen MR) is 112 cm³/mol. The van der Waals surface area contributed by atoms with Gasteiger partial charge in [0.1, 0.15) is 24.0 Å². The summed E-state index contributed by atoms with van der Waals surface area (Å²) in [6.07, 6.45) is 3.00. The topological polar surface area (TPSA) is 109 Å². The molecule has 0 aliphatic carbocycles. The second-order valence-electron chi connectivity index (χ2n) is 7.10. The molecule has 148 valence electrons. The molecule has 0 fully saturated rings. The lowest BCUT2D eigenvalue weighted by molar-refractivity contribution is 0.0860. The molecule has 1 aliphatic rings. The van der Waals surface area contributed by atoms with E-state index in [0.717, 1.165) is 33.8 Å². The van der Waals surface area contributed by atoms with E-state index in [1.807, 2.05) is 55.6 Å². The maximum Gasteiger partial charge on any atom is 0.161 e. The monoisotopic (exact) mass is 389 g/mol. The smallest absolute Gasteiger partial charge is 0.161 e. The zero-order valence-electron chi connectivity index (χ0n) is 16.2. The number of nitrogens with zero attached hydrogens (tertiary/aromatic N) is 3. The van der Waals surface area contributed by atoms with Crippen LogP contribution in [0.3, 0.4) is 0 Å². The van der Waals surface area contributed by atoms with Crippen LogP contribution in [0, 0.1) is 6.92 Å². The van der Waals surface area contributed by atoms with Crippen LogP contribution in [-0.2, 0) is 17.9 Å². The standard InChI is InChI=1S/C22H23N5O2/c1-14-2-5-16(25-12-14)13-28-18-6-3-15(4-7-18)10-17-11-20(29-27-17)19-8-9-21(23)26-22(19)24/h2-9,12,20H,10-11,13H2,1H3,(H4,23,24,26). The average Bonchev–Trinajstić information content (AvgIpc) is 3.17. The number of benzene rings is 1. The Bertz CT molecular complexity index is 1020. The molecule has 0 spiro atoms. The van der Waals surface area contributed by atoms with E-state index in [-0.39, 0.29) is 6.10 Å². The SMILES string of the molecule is Cc1ccc(COc2ccc(CC3=NOC(c4ccc(N)nc4N)C3)cc2)nc1. The quantitative estimate of drug-likeness (QED) is 0.667. The Kier molecular flexibility index (Phi) is 5.29. The van der Waals surface area contributed by atoms with Crippen molar-refractivity contribution in [3.63, 3.8) is 0 Å². The van der Waals surface area contributed by atoms with Gasteiger partial charge in [-0.15, -0.1) is 0 Å². The lowest BCUT2D eigenvalue weighted by Gasteiger charge is -2.11. The molecule has 3 aromatic rings. The molecule has 4 rings (SSSR count). The van der Waals surface area contributed by atoms with Crippen LogP contribution < -0.4 is 16.2 Å². The lowest BCUT2D eigenvalue weighted by atomic mass is 10.0. The predicted octanol–water partition coefficient (Wildman–Crippen LogP) is 3.59. The van der Waals surface area contributed by atoms with Crippen molar-refractivity contribution < 1.29 is 9.57 Å². The van der Waals surface area contributed by atoms with Gasteiger partial charge in [0.25, 0.3) is 0 Å². The van der Waals surface area contributed by atoms with Gasteiger partial charge in [-0.2, -0.15) is 0 Å². The highest BCUT2D eigenvalue weighted by Crippen LogP contribution is 2.31. The van der Waals surface area contributed by atoms with Crippen molar-refractivity contribution in [2.45, 2.75) is 32.5 Å². The van der Waals surface area contributed by atoms with Gasteiger partial charge in [0.05, 0.1) is 11.4 Å². The number of hydrogen-bond acceptors (Lipinski definition) is 7. The Morgan fingerprint density at radius 1 is 1.07 bits per heavy atom. The third kappa shape index (κ3) is 4.63. The van der Waals surface area contributed by atoms with Gasteiger partial charge in [-0.05, 0) is 48.4 Å². The third-order valence-electron chi connectivity index (χ3n) is 4.75. The minimum absolute atomic E-state index is 0.220. The summed E-state index contributed by atoms with van der Waals surface area (Å²) < 4.78 is 5.81. The fourth-order valence-electron chi connectivity index (χ4n) is 3.15. The van der Waals surface area contributed by atoms with E-state index in [2.05, 4.69) is 15.1 Å². The largest absolute Gasteiger partial charge is 0.487 e. The van der Waals surface area contributed by atoms with Crippen LogP contribution in [-0.4, -0.2) is 15.7 Å². The number of aromatic nitrogens is 2. The summed E-state index contributed by atoms with van der Waals surface area (Å²) in [7, 11) is 0. The Labute approximate surface area is 169 Å². The molecular formula is C22H23N5O2. The summed E-state index contributed by atoms with van der Waals surface area (Å²) in [5.74, 6) is 1.58. The molecule has 1 aliphatic heterocycles. The maximum atomic E-state index is 5.95. The molecule has 7 heteroatoms. The van der Waals surface area contributed by atoms with E-state index in [0.29, 0.717) is 31.1 Å². The molecule has 29 heavy (non-hydrogen) atoms. The van der Waals surface area contributed by atoms with E-state index in [1.165, 1.54) is 0 Å². The first-order valence-corrected chi connectivity index (χ1v) is 9.43. The molecule has 1 atom stereocenters. The second-order valence-corrected chi connectivity index (χ2v) is 7.10. The average molecular weight is 389 g/mol. The Morgan fingerprint density at radius 3 is 2.62 bits per heavy atom. The summed E-state index contributed by atoms with van der Waals surface area (Å²) in [5.41, 5.74) is 16.6. The number of nitrogens with two attached hydrogens (primary N) is 2. The van der Waals surface area contributed by atoms with Crippen molar-refractivity contribution in [1.29, 1.82) is 0 Å². The maximum absolute atomic E-state index is 5.95. The molecule has 1 unspecified atom stereocenters. The first-order chi connectivity index (χ1) is 14.1. The van der Waals surface area contributed by atoms with Crippen molar-refractivity contribution in [2.24, 2.45) is 5.16 Å². The van der Waals surface area contributed by atoms with Crippen LogP contribution in [0.1, 0.15) is 34.9 Å². The Balaban J connectivity index is 1.31. The molecule has 1 aromatic carbocycles. The van der Waals surface area contributed by atoms with Crippen molar-refractivity contribution in [1.82, 2.24) is 9.97 Å². The van der Waals surface area contributed by atoms with E-state index in [4.69, 9.17) is 21.0 Å². The van der Waals surface area contributed by atoms with Gasteiger partial charge in [0, 0.05) is 24.6 Å². The van der Waals surface area contributed by atoms with Crippen LogP contribution in [0.4, 0.5) is 11.6 Å². The van der Waals surface area contributed by atoms with Crippen LogP contribution in [0.25, 0.3) is 0 Å². The van der Waals surface area contributed by atoms with Gasteiger partial charge in [-0.3, -0.25) is 4.98 Å². The first kappa shape index (κ1) is 18.7. The zero-order valence-corrected chi connectivity index (χ0v) is 16.2. The minimum atomic E-state index is -0.220.